The summed E-state index contributed by atoms with van der Waals surface area (Å²) < 4.78 is 30.9. The highest BCUT2D eigenvalue weighted by molar-refractivity contribution is 5.46. The predicted molar refractivity (Wildman–Crippen MR) is 58.5 cm³/mol. The van der Waals surface area contributed by atoms with E-state index < -0.39 is 17.0 Å². The lowest BCUT2D eigenvalue weighted by atomic mass is 9.87. The molecule has 1 fully saturated rings. The molecule has 1 saturated heterocycles. The van der Waals surface area contributed by atoms with Crippen LogP contribution in [0.2, 0.25) is 0 Å². The smallest absolute Gasteiger partial charge is 0.160 e. The molecule has 1 heterocycles. The van der Waals surface area contributed by atoms with Crippen molar-refractivity contribution in [3.8, 4) is 6.07 Å². The second-order valence-electron chi connectivity index (χ2n) is 4.34. The van der Waals surface area contributed by atoms with E-state index in [2.05, 4.69) is 6.07 Å². The lowest BCUT2D eigenvalue weighted by Gasteiger charge is -2.38. The molecule has 0 bridgehead atoms. The largest absolute Gasteiger partial charge is 0.378 e. The monoisotopic (exact) mass is 238 g/mol. The average molecular weight is 238 g/mol. The summed E-state index contributed by atoms with van der Waals surface area (Å²) in [6.45, 7) is 1.21. The van der Waals surface area contributed by atoms with Crippen molar-refractivity contribution < 1.29 is 13.5 Å². The van der Waals surface area contributed by atoms with Crippen LogP contribution in [0.25, 0.3) is 0 Å². The number of hydrogen-bond donors (Lipinski definition) is 0. The van der Waals surface area contributed by atoms with Crippen LogP contribution in [0.4, 0.5) is 14.5 Å². The maximum atomic E-state index is 13.1. The van der Waals surface area contributed by atoms with Gasteiger partial charge < -0.3 is 9.64 Å². The summed E-state index contributed by atoms with van der Waals surface area (Å²) in [5, 5.41) is 9.04. The number of rotatable bonds is 3. The molecule has 0 amide bonds. The normalized spacial score (nSPS) is 17.1. The minimum Gasteiger partial charge on any atom is -0.378 e. The molecular formula is C12H12F2N2O. The average Bonchev–Trinajstić information content (AvgIpc) is 2.27. The Bertz CT molecular complexity index is 466. The zero-order valence-corrected chi connectivity index (χ0v) is 9.41. The van der Waals surface area contributed by atoms with E-state index in [-0.39, 0.29) is 0 Å². The molecule has 0 aromatic heterocycles. The van der Waals surface area contributed by atoms with Gasteiger partial charge in [-0.25, -0.2) is 8.78 Å². The first kappa shape index (κ1) is 11.8. The summed E-state index contributed by atoms with van der Waals surface area (Å²) in [6, 6.07) is 5.90. The van der Waals surface area contributed by atoms with Gasteiger partial charge in [0, 0.05) is 25.3 Å². The Balaban J connectivity index is 2.12. The molecule has 17 heavy (non-hydrogen) atoms. The number of nitriles is 1. The van der Waals surface area contributed by atoms with Crippen LogP contribution in [0.15, 0.2) is 18.2 Å². The molecule has 5 heteroatoms. The SMILES string of the molecule is CN(CC1(C#N)COC1)c1ccc(F)c(F)c1. The van der Waals surface area contributed by atoms with Gasteiger partial charge in [0.2, 0.25) is 0 Å². The summed E-state index contributed by atoms with van der Waals surface area (Å²) in [5.41, 5.74) is 0.0185. The van der Waals surface area contributed by atoms with E-state index in [9.17, 15) is 8.78 Å². The molecule has 1 aromatic carbocycles. The van der Waals surface area contributed by atoms with E-state index in [0.717, 1.165) is 12.1 Å². The molecule has 0 atom stereocenters. The lowest BCUT2D eigenvalue weighted by molar-refractivity contribution is -0.0716. The summed E-state index contributed by atoms with van der Waals surface area (Å²) in [6.07, 6.45) is 0. The fraction of sp³-hybridized carbons (Fsp3) is 0.417. The predicted octanol–water partition coefficient (Wildman–Crippen LogP) is 1.94. The van der Waals surface area contributed by atoms with Crippen LogP contribution in [-0.4, -0.2) is 26.8 Å². The molecule has 0 spiro atoms. The maximum absolute atomic E-state index is 13.1. The van der Waals surface area contributed by atoms with Crippen LogP contribution in [0.3, 0.4) is 0 Å². The molecule has 90 valence electrons. The van der Waals surface area contributed by atoms with E-state index in [4.69, 9.17) is 10.00 Å². The maximum Gasteiger partial charge on any atom is 0.160 e. The summed E-state index contributed by atoms with van der Waals surface area (Å²) >= 11 is 0. The third kappa shape index (κ3) is 2.22. The van der Waals surface area contributed by atoms with Crippen LogP contribution in [0, 0.1) is 28.4 Å². The van der Waals surface area contributed by atoms with Crippen molar-refractivity contribution in [2.45, 2.75) is 0 Å². The fourth-order valence-electron chi connectivity index (χ4n) is 1.81. The van der Waals surface area contributed by atoms with Gasteiger partial charge in [0.05, 0.1) is 19.3 Å². The highest BCUT2D eigenvalue weighted by Crippen LogP contribution is 2.29. The standard InChI is InChI=1S/C12H12F2N2O/c1-16(6-12(5-15)7-17-8-12)9-2-3-10(13)11(14)4-9/h2-4H,6-8H2,1H3. The lowest BCUT2D eigenvalue weighted by Crippen LogP contribution is -2.49. The van der Waals surface area contributed by atoms with Gasteiger partial charge in [0.25, 0.3) is 0 Å². The molecule has 0 radical (unpaired) electrons. The molecule has 1 aromatic rings. The van der Waals surface area contributed by atoms with Gasteiger partial charge in [0.1, 0.15) is 5.41 Å². The molecule has 3 nitrogen and oxygen atoms in total. The molecule has 2 rings (SSSR count). The highest BCUT2D eigenvalue weighted by Gasteiger charge is 2.40. The Morgan fingerprint density at radius 3 is 2.59 bits per heavy atom. The zero-order valence-electron chi connectivity index (χ0n) is 9.41. The first-order valence-electron chi connectivity index (χ1n) is 5.21. The van der Waals surface area contributed by atoms with E-state index in [0.29, 0.717) is 25.4 Å². The minimum atomic E-state index is -0.884. The molecular weight excluding hydrogens is 226 g/mol. The van der Waals surface area contributed by atoms with Crippen molar-refractivity contribution >= 4 is 5.69 Å². The molecule has 1 aliphatic heterocycles. The number of benzene rings is 1. The Kier molecular flexibility index (Phi) is 2.99. The first-order chi connectivity index (χ1) is 8.06. The van der Waals surface area contributed by atoms with Gasteiger partial charge in [-0.15, -0.1) is 0 Å². The number of anilines is 1. The quantitative estimate of drug-likeness (QED) is 0.807. The van der Waals surface area contributed by atoms with E-state index in [1.807, 2.05) is 0 Å². The van der Waals surface area contributed by atoms with Crippen LogP contribution in [0.1, 0.15) is 0 Å². The Labute approximate surface area is 98.2 Å². The fourth-order valence-corrected chi connectivity index (χ4v) is 1.81. The van der Waals surface area contributed by atoms with E-state index in [1.165, 1.54) is 6.07 Å². The van der Waals surface area contributed by atoms with Gasteiger partial charge in [0.15, 0.2) is 11.6 Å². The second kappa shape index (κ2) is 4.30. The third-order valence-corrected chi connectivity index (χ3v) is 2.88. The van der Waals surface area contributed by atoms with Crippen molar-refractivity contribution in [3.63, 3.8) is 0 Å². The van der Waals surface area contributed by atoms with Crippen LogP contribution in [0.5, 0.6) is 0 Å². The van der Waals surface area contributed by atoms with Crippen molar-refractivity contribution in [2.75, 3.05) is 31.7 Å². The van der Waals surface area contributed by atoms with Crippen molar-refractivity contribution in [1.29, 1.82) is 5.26 Å². The van der Waals surface area contributed by atoms with Crippen molar-refractivity contribution in [3.05, 3.63) is 29.8 Å². The van der Waals surface area contributed by atoms with Gasteiger partial charge in [-0.1, -0.05) is 0 Å². The Morgan fingerprint density at radius 1 is 1.41 bits per heavy atom. The first-order valence-corrected chi connectivity index (χ1v) is 5.21. The van der Waals surface area contributed by atoms with Crippen LogP contribution < -0.4 is 4.90 Å². The Hall–Kier alpha value is -1.67. The van der Waals surface area contributed by atoms with Gasteiger partial charge in [-0.2, -0.15) is 5.26 Å². The second-order valence-corrected chi connectivity index (χ2v) is 4.34. The number of ether oxygens (including phenoxy) is 1. The van der Waals surface area contributed by atoms with Crippen molar-refractivity contribution in [2.24, 2.45) is 5.41 Å². The van der Waals surface area contributed by atoms with Gasteiger partial charge >= 0.3 is 0 Å². The minimum absolute atomic E-state index is 0.386. The molecule has 0 unspecified atom stereocenters. The molecule has 1 aliphatic rings. The summed E-state index contributed by atoms with van der Waals surface area (Å²) in [4.78, 5) is 1.73. The number of halogens is 2. The summed E-state index contributed by atoms with van der Waals surface area (Å²) in [7, 11) is 1.74. The highest BCUT2D eigenvalue weighted by atomic mass is 19.2. The Morgan fingerprint density at radius 2 is 2.12 bits per heavy atom. The van der Waals surface area contributed by atoms with Gasteiger partial charge in [-0.05, 0) is 12.1 Å². The van der Waals surface area contributed by atoms with Crippen LogP contribution in [-0.2, 0) is 4.74 Å². The van der Waals surface area contributed by atoms with Crippen molar-refractivity contribution in [1.82, 2.24) is 0 Å². The molecule has 0 saturated carbocycles. The topological polar surface area (TPSA) is 36.3 Å². The third-order valence-electron chi connectivity index (χ3n) is 2.88. The van der Waals surface area contributed by atoms with Gasteiger partial charge in [-0.3, -0.25) is 0 Å². The van der Waals surface area contributed by atoms with E-state index >= 15 is 0 Å². The molecule has 0 N–H and O–H groups in total. The number of nitrogens with zero attached hydrogens (tertiary/aromatic N) is 2. The number of hydrogen-bond acceptors (Lipinski definition) is 3. The van der Waals surface area contributed by atoms with Crippen LogP contribution >= 0.6 is 0 Å². The van der Waals surface area contributed by atoms with E-state index in [1.54, 1.807) is 11.9 Å². The zero-order chi connectivity index (χ0) is 12.5. The molecule has 0 aliphatic carbocycles. The summed E-state index contributed by atoms with van der Waals surface area (Å²) in [5.74, 6) is -1.76.